The van der Waals surface area contributed by atoms with Crippen molar-refractivity contribution in [3.05, 3.63) is 35.9 Å². The van der Waals surface area contributed by atoms with Crippen LogP contribution in [0.25, 0.3) is 0 Å². The summed E-state index contributed by atoms with van der Waals surface area (Å²) < 4.78 is 17.0. The third-order valence-electron chi connectivity index (χ3n) is 4.24. The lowest BCUT2D eigenvalue weighted by molar-refractivity contribution is -0.308. The second-order valence-corrected chi connectivity index (χ2v) is 13.3. The molecular weight excluding hydrogens is 340 g/mol. The fourth-order valence-corrected chi connectivity index (χ4v) is 3.37. The molecule has 0 aromatic heterocycles. The van der Waals surface area contributed by atoms with Crippen molar-refractivity contribution < 1.29 is 29.5 Å². The number of rotatable bonds is 8. The van der Waals surface area contributed by atoms with E-state index in [4.69, 9.17) is 14.2 Å². The first-order valence-corrected chi connectivity index (χ1v) is 12.4. The molecule has 6 nitrogen and oxygen atoms in total. The quantitative estimate of drug-likeness (QED) is 0.599. The molecule has 3 N–H and O–H groups in total. The van der Waals surface area contributed by atoms with Crippen LogP contribution in [-0.2, 0) is 20.8 Å². The molecule has 1 heterocycles. The van der Waals surface area contributed by atoms with E-state index in [0.717, 1.165) is 11.6 Å². The largest absolute Gasteiger partial charge is 0.394 e. The molecule has 1 aromatic rings. The van der Waals surface area contributed by atoms with Crippen molar-refractivity contribution in [1.29, 1.82) is 0 Å². The van der Waals surface area contributed by atoms with E-state index in [-0.39, 0.29) is 13.2 Å². The van der Waals surface area contributed by atoms with Crippen molar-refractivity contribution in [1.82, 2.24) is 0 Å². The maximum atomic E-state index is 10.5. The molecule has 0 spiro atoms. The molecule has 2 rings (SSSR count). The summed E-state index contributed by atoms with van der Waals surface area (Å²) in [4.78, 5) is 0. The molecule has 7 heteroatoms. The summed E-state index contributed by atoms with van der Waals surface area (Å²) in [5, 5.41) is 30.3. The summed E-state index contributed by atoms with van der Waals surface area (Å²) in [6.45, 7) is 7.06. The van der Waals surface area contributed by atoms with Crippen LogP contribution in [0.3, 0.4) is 0 Å². The van der Waals surface area contributed by atoms with Crippen LogP contribution in [0.1, 0.15) is 5.56 Å². The summed E-state index contributed by atoms with van der Waals surface area (Å²) in [6.07, 6.45) is -4.90. The molecule has 0 radical (unpaired) electrons. The second-order valence-electron chi connectivity index (χ2n) is 7.65. The molecule has 5 atom stereocenters. The topological polar surface area (TPSA) is 88.4 Å². The summed E-state index contributed by atoms with van der Waals surface area (Å²) in [5.74, 6) is 0. The number of aliphatic hydroxyl groups is 3. The first-order valence-electron chi connectivity index (χ1n) is 8.71. The van der Waals surface area contributed by atoms with E-state index >= 15 is 0 Å². The molecule has 142 valence electrons. The molecule has 0 saturated carbocycles. The zero-order valence-corrected chi connectivity index (χ0v) is 16.2. The highest BCUT2D eigenvalue weighted by Crippen LogP contribution is 2.25. The number of ether oxygens (including phenoxy) is 3. The zero-order valence-electron chi connectivity index (χ0n) is 15.2. The summed E-state index contributed by atoms with van der Waals surface area (Å²) in [7, 11) is -1.27. The lowest BCUT2D eigenvalue weighted by Crippen LogP contribution is -2.60. The van der Waals surface area contributed by atoms with Crippen molar-refractivity contribution in [2.24, 2.45) is 0 Å². The van der Waals surface area contributed by atoms with Gasteiger partial charge in [0.2, 0.25) is 0 Å². The Morgan fingerprint density at radius 2 is 1.72 bits per heavy atom. The minimum Gasteiger partial charge on any atom is -0.394 e. The van der Waals surface area contributed by atoms with Gasteiger partial charge in [0.25, 0.3) is 0 Å². The molecule has 0 unspecified atom stereocenters. The monoisotopic (exact) mass is 370 g/mol. The number of hydrogen-bond donors (Lipinski definition) is 3. The van der Waals surface area contributed by atoms with E-state index < -0.39 is 38.8 Å². The molecule has 1 aliphatic heterocycles. The maximum Gasteiger partial charge on any atom is 0.186 e. The van der Waals surface area contributed by atoms with E-state index in [2.05, 4.69) is 19.6 Å². The minimum absolute atomic E-state index is 0.249. The fourth-order valence-electron chi connectivity index (χ4n) is 2.64. The fraction of sp³-hybridized carbons (Fsp3) is 0.667. The van der Waals surface area contributed by atoms with Gasteiger partial charge in [0, 0.05) is 14.7 Å². The standard InChI is InChI=1S/C18H30O6Si/c1-25(2,3)10-9-22-18-16(21)17(15(20)14(11-19)24-18)23-12-13-7-5-4-6-8-13/h4-8,14-21H,9-12H2,1-3H3/t14-,15+,16-,17+,18+/m1/s1. The van der Waals surface area contributed by atoms with Crippen LogP contribution in [0.4, 0.5) is 0 Å². The third kappa shape index (κ3) is 6.14. The van der Waals surface area contributed by atoms with Gasteiger partial charge in [-0.1, -0.05) is 50.0 Å². The van der Waals surface area contributed by atoms with Crippen molar-refractivity contribution in [2.45, 2.75) is 63.0 Å². The van der Waals surface area contributed by atoms with Gasteiger partial charge >= 0.3 is 0 Å². The Hall–Kier alpha value is -0.803. The Balaban J connectivity index is 1.97. The lowest BCUT2D eigenvalue weighted by Gasteiger charge is -2.41. The van der Waals surface area contributed by atoms with Crippen LogP contribution < -0.4 is 0 Å². The van der Waals surface area contributed by atoms with Gasteiger partial charge in [-0.05, 0) is 11.6 Å². The van der Waals surface area contributed by atoms with Gasteiger partial charge in [0.1, 0.15) is 24.4 Å². The third-order valence-corrected chi connectivity index (χ3v) is 5.95. The predicted molar refractivity (Wildman–Crippen MR) is 96.9 cm³/mol. The minimum atomic E-state index is -1.27. The van der Waals surface area contributed by atoms with E-state index in [0.29, 0.717) is 6.61 Å². The number of hydrogen-bond acceptors (Lipinski definition) is 6. The van der Waals surface area contributed by atoms with Gasteiger partial charge < -0.3 is 29.5 Å². The van der Waals surface area contributed by atoms with Crippen LogP contribution in [-0.4, -0.2) is 67.3 Å². The van der Waals surface area contributed by atoms with E-state index in [1.54, 1.807) is 0 Å². The van der Waals surface area contributed by atoms with Gasteiger partial charge in [0.15, 0.2) is 6.29 Å². The SMILES string of the molecule is C[Si](C)(C)CCO[C@H]1O[C@H](CO)[C@H](O)[C@H](OCc2ccccc2)[C@H]1O. The molecule has 1 saturated heterocycles. The number of aliphatic hydroxyl groups excluding tert-OH is 3. The maximum absolute atomic E-state index is 10.5. The summed E-state index contributed by atoms with van der Waals surface area (Å²) >= 11 is 0. The normalized spacial score (nSPS) is 30.4. The van der Waals surface area contributed by atoms with E-state index in [1.807, 2.05) is 30.3 Å². The Bertz CT molecular complexity index is 506. The highest BCUT2D eigenvalue weighted by Gasteiger charge is 2.45. The summed E-state index contributed by atoms with van der Waals surface area (Å²) in [6, 6.07) is 10.4. The predicted octanol–water partition coefficient (Wildman–Crippen LogP) is 1.37. The van der Waals surface area contributed by atoms with Crippen LogP contribution in [0.15, 0.2) is 30.3 Å². The van der Waals surface area contributed by atoms with Gasteiger partial charge in [0.05, 0.1) is 13.2 Å². The molecule has 1 aromatic carbocycles. The molecule has 1 fully saturated rings. The van der Waals surface area contributed by atoms with Gasteiger partial charge in [-0.3, -0.25) is 0 Å². The molecule has 0 amide bonds. The Morgan fingerprint density at radius 3 is 2.32 bits per heavy atom. The first-order chi connectivity index (χ1) is 11.8. The molecule has 25 heavy (non-hydrogen) atoms. The van der Waals surface area contributed by atoms with Gasteiger partial charge in [-0.15, -0.1) is 0 Å². The van der Waals surface area contributed by atoms with Crippen molar-refractivity contribution in [2.75, 3.05) is 13.2 Å². The van der Waals surface area contributed by atoms with E-state index in [1.165, 1.54) is 0 Å². The Morgan fingerprint density at radius 1 is 1.04 bits per heavy atom. The van der Waals surface area contributed by atoms with Crippen molar-refractivity contribution in [3.8, 4) is 0 Å². The van der Waals surface area contributed by atoms with Crippen LogP contribution in [0.2, 0.25) is 25.7 Å². The van der Waals surface area contributed by atoms with Crippen LogP contribution >= 0.6 is 0 Å². The average molecular weight is 371 g/mol. The van der Waals surface area contributed by atoms with Crippen LogP contribution in [0.5, 0.6) is 0 Å². The van der Waals surface area contributed by atoms with E-state index in [9.17, 15) is 15.3 Å². The van der Waals surface area contributed by atoms with Crippen molar-refractivity contribution >= 4 is 8.07 Å². The average Bonchev–Trinajstić information content (AvgIpc) is 2.56. The zero-order chi connectivity index (χ0) is 18.4. The summed E-state index contributed by atoms with van der Waals surface area (Å²) in [5.41, 5.74) is 0.935. The Kier molecular flexibility index (Phi) is 7.57. The smallest absolute Gasteiger partial charge is 0.186 e. The van der Waals surface area contributed by atoms with Crippen LogP contribution in [0, 0.1) is 0 Å². The highest BCUT2D eigenvalue weighted by molar-refractivity contribution is 6.76. The molecular formula is C18H30O6Si. The molecule has 0 aliphatic carbocycles. The first kappa shape index (κ1) is 20.5. The Labute approximate surface area is 150 Å². The van der Waals surface area contributed by atoms with Gasteiger partial charge in [-0.25, -0.2) is 0 Å². The molecule has 0 bridgehead atoms. The van der Waals surface area contributed by atoms with Crippen molar-refractivity contribution in [3.63, 3.8) is 0 Å². The number of benzene rings is 1. The molecule has 1 aliphatic rings. The van der Waals surface area contributed by atoms with Gasteiger partial charge in [-0.2, -0.15) is 0 Å². The lowest BCUT2D eigenvalue weighted by atomic mass is 9.99. The second kappa shape index (κ2) is 9.23. The highest BCUT2D eigenvalue weighted by atomic mass is 28.3.